The number of alkyl halides is 1. The van der Waals surface area contributed by atoms with Crippen molar-refractivity contribution >= 4 is 17.5 Å². The van der Waals surface area contributed by atoms with Crippen LogP contribution in [0.3, 0.4) is 0 Å². The lowest BCUT2D eigenvalue weighted by atomic mass is 9.80. The Morgan fingerprint density at radius 2 is 2.15 bits per heavy atom. The van der Waals surface area contributed by atoms with Crippen LogP contribution < -0.4 is 0 Å². The van der Waals surface area contributed by atoms with E-state index in [4.69, 9.17) is 11.6 Å². The molecule has 0 aliphatic carbocycles. The molecule has 3 heteroatoms. The summed E-state index contributed by atoms with van der Waals surface area (Å²) < 4.78 is 0. The van der Waals surface area contributed by atoms with Crippen molar-refractivity contribution in [1.29, 1.82) is 0 Å². The van der Waals surface area contributed by atoms with E-state index in [0.29, 0.717) is 24.8 Å². The second-order valence-electron chi connectivity index (χ2n) is 4.80. The Kier molecular flexibility index (Phi) is 3.23. The van der Waals surface area contributed by atoms with E-state index in [9.17, 15) is 4.79 Å². The highest BCUT2D eigenvalue weighted by atomic mass is 35.5. The van der Waals surface area contributed by atoms with Crippen molar-refractivity contribution in [3.63, 3.8) is 0 Å². The van der Waals surface area contributed by atoms with E-state index in [-0.39, 0.29) is 11.3 Å². The van der Waals surface area contributed by atoms with Gasteiger partial charge in [-0.1, -0.05) is 20.8 Å². The molecule has 0 saturated carbocycles. The predicted molar refractivity (Wildman–Crippen MR) is 54.9 cm³/mol. The molecule has 0 N–H and O–H groups in total. The molecule has 1 aliphatic heterocycles. The predicted octanol–water partition coefficient (Wildman–Crippen LogP) is 2.12. The minimum absolute atomic E-state index is 0.233. The van der Waals surface area contributed by atoms with Gasteiger partial charge in [0.2, 0.25) is 5.91 Å². The number of carbonyl (C=O) groups excluding carboxylic acids is 1. The van der Waals surface area contributed by atoms with E-state index >= 15 is 0 Å². The fourth-order valence-electron chi connectivity index (χ4n) is 1.67. The van der Waals surface area contributed by atoms with Gasteiger partial charge in [0.25, 0.3) is 0 Å². The van der Waals surface area contributed by atoms with Gasteiger partial charge < -0.3 is 4.90 Å². The lowest BCUT2D eigenvalue weighted by Crippen LogP contribution is -2.29. The molecule has 0 aromatic rings. The van der Waals surface area contributed by atoms with Gasteiger partial charge in [-0.05, 0) is 11.3 Å². The van der Waals surface area contributed by atoms with Crippen LogP contribution in [0, 0.1) is 11.3 Å². The Morgan fingerprint density at radius 3 is 2.54 bits per heavy atom. The summed E-state index contributed by atoms with van der Waals surface area (Å²) in [7, 11) is 0. The third kappa shape index (κ3) is 2.60. The molecular weight excluding hydrogens is 186 g/mol. The average molecular weight is 204 g/mol. The maximum Gasteiger partial charge on any atom is 0.222 e. The van der Waals surface area contributed by atoms with Gasteiger partial charge >= 0.3 is 0 Å². The van der Waals surface area contributed by atoms with E-state index in [0.717, 1.165) is 6.54 Å². The Bertz CT molecular complexity index is 198. The summed E-state index contributed by atoms with van der Waals surface area (Å²) in [6.45, 7) is 8.15. The first-order chi connectivity index (χ1) is 5.95. The summed E-state index contributed by atoms with van der Waals surface area (Å²) in [6, 6.07) is 0. The zero-order valence-corrected chi connectivity index (χ0v) is 9.40. The first-order valence-electron chi connectivity index (χ1n) is 4.79. The fraction of sp³-hybridized carbons (Fsp3) is 0.900. The van der Waals surface area contributed by atoms with Gasteiger partial charge in [0.15, 0.2) is 0 Å². The van der Waals surface area contributed by atoms with Crippen LogP contribution in [0.15, 0.2) is 0 Å². The lowest BCUT2D eigenvalue weighted by molar-refractivity contribution is -0.127. The zero-order chi connectivity index (χ0) is 10.1. The van der Waals surface area contributed by atoms with Crippen LogP contribution in [0.4, 0.5) is 0 Å². The van der Waals surface area contributed by atoms with Gasteiger partial charge in [-0.3, -0.25) is 4.79 Å². The molecule has 0 radical (unpaired) electrons. The lowest BCUT2D eigenvalue weighted by Gasteiger charge is -2.26. The summed E-state index contributed by atoms with van der Waals surface area (Å²) in [5.41, 5.74) is 0.233. The monoisotopic (exact) mass is 203 g/mol. The molecule has 76 valence electrons. The number of hydrogen-bond acceptors (Lipinski definition) is 1. The highest BCUT2D eigenvalue weighted by Gasteiger charge is 2.36. The smallest absolute Gasteiger partial charge is 0.222 e. The molecule has 0 bridgehead atoms. The Labute approximate surface area is 85.2 Å². The van der Waals surface area contributed by atoms with E-state index in [1.165, 1.54) is 0 Å². The topological polar surface area (TPSA) is 20.3 Å². The standard InChI is InChI=1S/C10H18ClNO/c1-10(2,3)8-6-9(13)12(7-8)5-4-11/h8H,4-7H2,1-3H3. The average Bonchev–Trinajstić information content (AvgIpc) is 2.32. The molecule has 1 unspecified atom stereocenters. The van der Waals surface area contributed by atoms with E-state index in [2.05, 4.69) is 20.8 Å². The van der Waals surface area contributed by atoms with Crippen LogP contribution in [-0.4, -0.2) is 29.8 Å². The normalized spacial score (nSPS) is 24.2. The first-order valence-corrected chi connectivity index (χ1v) is 5.32. The van der Waals surface area contributed by atoms with Crippen molar-refractivity contribution < 1.29 is 4.79 Å². The summed E-state index contributed by atoms with van der Waals surface area (Å²) in [5.74, 6) is 1.30. The number of carbonyl (C=O) groups is 1. The fourth-order valence-corrected chi connectivity index (χ4v) is 1.87. The molecular formula is C10H18ClNO. The van der Waals surface area contributed by atoms with E-state index in [1.54, 1.807) is 0 Å². The molecule has 1 atom stereocenters. The second kappa shape index (κ2) is 3.87. The number of likely N-dealkylation sites (tertiary alicyclic amines) is 1. The molecule has 2 nitrogen and oxygen atoms in total. The Hall–Kier alpha value is -0.240. The van der Waals surface area contributed by atoms with Crippen molar-refractivity contribution in [3.8, 4) is 0 Å². The van der Waals surface area contributed by atoms with Gasteiger partial charge in [-0.2, -0.15) is 0 Å². The van der Waals surface area contributed by atoms with Crippen LogP contribution in [0.2, 0.25) is 0 Å². The summed E-state index contributed by atoms with van der Waals surface area (Å²) in [6.07, 6.45) is 0.695. The third-order valence-electron chi connectivity index (χ3n) is 2.79. The molecule has 1 saturated heterocycles. The van der Waals surface area contributed by atoms with Gasteiger partial charge in [-0.25, -0.2) is 0 Å². The maximum absolute atomic E-state index is 11.5. The Morgan fingerprint density at radius 1 is 1.54 bits per heavy atom. The number of hydrogen-bond donors (Lipinski definition) is 0. The third-order valence-corrected chi connectivity index (χ3v) is 2.96. The molecule has 1 amide bonds. The second-order valence-corrected chi connectivity index (χ2v) is 5.17. The van der Waals surface area contributed by atoms with Crippen LogP contribution in [-0.2, 0) is 4.79 Å². The molecule has 0 spiro atoms. The molecule has 1 rings (SSSR count). The Balaban J connectivity index is 2.55. The van der Waals surface area contributed by atoms with Gasteiger partial charge in [-0.15, -0.1) is 11.6 Å². The minimum Gasteiger partial charge on any atom is -0.341 e. The van der Waals surface area contributed by atoms with Crippen LogP contribution in [0.1, 0.15) is 27.2 Å². The molecule has 0 aromatic carbocycles. The summed E-state index contributed by atoms with van der Waals surface area (Å²) >= 11 is 5.61. The van der Waals surface area contributed by atoms with Crippen LogP contribution in [0.25, 0.3) is 0 Å². The van der Waals surface area contributed by atoms with Crippen LogP contribution in [0.5, 0.6) is 0 Å². The SMILES string of the molecule is CC(C)(C)C1CC(=O)N(CCCl)C1. The highest BCUT2D eigenvalue weighted by Crippen LogP contribution is 2.33. The minimum atomic E-state index is 0.233. The van der Waals surface area contributed by atoms with Crippen molar-refractivity contribution in [3.05, 3.63) is 0 Å². The van der Waals surface area contributed by atoms with E-state index < -0.39 is 0 Å². The number of nitrogens with zero attached hydrogens (tertiary/aromatic N) is 1. The van der Waals surface area contributed by atoms with Crippen molar-refractivity contribution in [1.82, 2.24) is 4.90 Å². The molecule has 1 fully saturated rings. The van der Waals surface area contributed by atoms with Crippen molar-refractivity contribution in [2.45, 2.75) is 27.2 Å². The van der Waals surface area contributed by atoms with Gasteiger partial charge in [0, 0.05) is 25.4 Å². The molecule has 0 aromatic heterocycles. The van der Waals surface area contributed by atoms with Gasteiger partial charge in [0.1, 0.15) is 0 Å². The maximum atomic E-state index is 11.5. The zero-order valence-electron chi connectivity index (χ0n) is 8.64. The molecule has 1 aliphatic rings. The number of halogens is 1. The van der Waals surface area contributed by atoms with Crippen molar-refractivity contribution in [2.24, 2.45) is 11.3 Å². The van der Waals surface area contributed by atoms with E-state index in [1.807, 2.05) is 4.90 Å². The molecule has 13 heavy (non-hydrogen) atoms. The number of rotatable bonds is 2. The summed E-state index contributed by atoms with van der Waals surface area (Å²) in [4.78, 5) is 13.4. The van der Waals surface area contributed by atoms with Crippen molar-refractivity contribution in [2.75, 3.05) is 19.0 Å². The molecule has 1 heterocycles. The largest absolute Gasteiger partial charge is 0.341 e. The first kappa shape index (κ1) is 10.8. The summed E-state index contributed by atoms with van der Waals surface area (Å²) in [5, 5.41) is 0. The quantitative estimate of drug-likeness (QED) is 0.630. The van der Waals surface area contributed by atoms with Gasteiger partial charge in [0.05, 0.1) is 0 Å². The van der Waals surface area contributed by atoms with Crippen LogP contribution >= 0.6 is 11.6 Å². The highest BCUT2D eigenvalue weighted by molar-refractivity contribution is 6.18. The number of amides is 1.